The van der Waals surface area contributed by atoms with E-state index in [0.717, 1.165) is 22.2 Å². The number of carboxylic acids is 1. The number of carboxylic acid groups (broad SMARTS) is 1. The van der Waals surface area contributed by atoms with Crippen molar-refractivity contribution in [2.45, 2.75) is 12.8 Å². The summed E-state index contributed by atoms with van der Waals surface area (Å²) in [6.07, 6.45) is 0.627. The zero-order chi connectivity index (χ0) is 13.1. The number of hydrogen-bond acceptors (Lipinski definition) is 3. The molecule has 0 saturated heterocycles. The van der Waals surface area contributed by atoms with Gasteiger partial charge in [0.05, 0.1) is 13.5 Å². The van der Waals surface area contributed by atoms with E-state index >= 15 is 0 Å². The van der Waals surface area contributed by atoms with Gasteiger partial charge in [-0.3, -0.25) is 4.79 Å². The molecule has 4 N–H and O–H groups in total. The van der Waals surface area contributed by atoms with Gasteiger partial charge < -0.3 is 20.6 Å². The van der Waals surface area contributed by atoms with Crippen molar-refractivity contribution in [2.24, 2.45) is 5.73 Å². The summed E-state index contributed by atoms with van der Waals surface area (Å²) in [7, 11) is 1.59. The summed E-state index contributed by atoms with van der Waals surface area (Å²) < 4.78 is 5.17. The smallest absolute Gasteiger partial charge is 0.307 e. The Kier molecular flexibility index (Phi) is 3.53. The first-order valence-corrected chi connectivity index (χ1v) is 5.75. The zero-order valence-electron chi connectivity index (χ0n) is 10.2. The average molecular weight is 248 g/mol. The van der Waals surface area contributed by atoms with E-state index < -0.39 is 5.97 Å². The number of nitrogens with two attached hydrogens (primary N) is 1. The minimum absolute atomic E-state index is 0.0114. The molecule has 0 unspecified atom stereocenters. The van der Waals surface area contributed by atoms with E-state index in [1.165, 1.54) is 0 Å². The lowest BCUT2D eigenvalue weighted by Gasteiger charge is -2.02. The molecule has 0 bridgehead atoms. The number of carbonyl (C=O) groups is 1. The van der Waals surface area contributed by atoms with Crippen LogP contribution in [-0.2, 0) is 17.6 Å². The zero-order valence-corrected chi connectivity index (χ0v) is 10.2. The van der Waals surface area contributed by atoms with Gasteiger partial charge in [0, 0.05) is 23.0 Å². The fourth-order valence-corrected chi connectivity index (χ4v) is 2.12. The topological polar surface area (TPSA) is 88.3 Å². The Morgan fingerprint density at radius 1 is 1.50 bits per heavy atom. The molecule has 1 aromatic heterocycles. The SMILES string of the molecule is COc1ccc2[nH]c(CCN)c(CC(=O)O)c2c1. The largest absolute Gasteiger partial charge is 0.497 e. The predicted molar refractivity (Wildman–Crippen MR) is 68.9 cm³/mol. The van der Waals surface area contributed by atoms with Gasteiger partial charge in [-0.2, -0.15) is 0 Å². The lowest BCUT2D eigenvalue weighted by Crippen LogP contribution is -2.07. The second kappa shape index (κ2) is 5.10. The molecule has 0 aliphatic heterocycles. The molecule has 0 aliphatic rings. The number of fused-ring (bicyclic) bond motifs is 1. The number of H-pyrrole nitrogens is 1. The summed E-state index contributed by atoms with van der Waals surface area (Å²) in [6.45, 7) is 0.483. The van der Waals surface area contributed by atoms with Crippen LogP contribution in [0.1, 0.15) is 11.3 Å². The highest BCUT2D eigenvalue weighted by molar-refractivity contribution is 5.89. The lowest BCUT2D eigenvalue weighted by atomic mass is 10.1. The van der Waals surface area contributed by atoms with Crippen molar-refractivity contribution in [3.05, 3.63) is 29.5 Å². The quantitative estimate of drug-likeness (QED) is 0.744. The Labute approximate surface area is 105 Å². The lowest BCUT2D eigenvalue weighted by molar-refractivity contribution is -0.136. The van der Waals surface area contributed by atoms with E-state index in [1.807, 2.05) is 18.2 Å². The number of hydrogen-bond donors (Lipinski definition) is 3. The van der Waals surface area contributed by atoms with Crippen LogP contribution < -0.4 is 10.5 Å². The van der Waals surface area contributed by atoms with E-state index in [9.17, 15) is 4.79 Å². The predicted octanol–water partition coefficient (Wildman–Crippen LogP) is 1.30. The fourth-order valence-electron chi connectivity index (χ4n) is 2.12. The molecular weight excluding hydrogens is 232 g/mol. The van der Waals surface area contributed by atoms with Crippen molar-refractivity contribution in [1.29, 1.82) is 0 Å². The molecule has 18 heavy (non-hydrogen) atoms. The van der Waals surface area contributed by atoms with Crippen molar-refractivity contribution in [3.63, 3.8) is 0 Å². The van der Waals surface area contributed by atoms with Crippen LogP contribution in [0.25, 0.3) is 10.9 Å². The molecule has 0 amide bonds. The standard InChI is InChI=1S/C13H16N2O3/c1-18-8-2-3-11-9(6-8)10(7-13(16)17)12(15-11)4-5-14/h2-3,6,15H,4-5,7,14H2,1H3,(H,16,17). The Balaban J connectivity index is 2.57. The Morgan fingerprint density at radius 3 is 2.89 bits per heavy atom. The first-order chi connectivity index (χ1) is 8.65. The van der Waals surface area contributed by atoms with E-state index in [1.54, 1.807) is 7.11 Å². The molecule has 2 rings (SSSR count). The second-order valence-electron chi connectivity index (χ2n) is 4.10. The molecule has 0 atom stereocenters. The van der Waals surface area contributed by atoms with Gasteiger partial charge in [-0.25, -0.2) is 0 Å². The maximum absolute atomic E-state index is 10.9. The number of nitrogens with one attached hydrogen (secondary N) is 1. The van der Waals surface area contributed by atoms with Crippen LogP contribution >= 0.6 is 0 Å². The molecule has 0 saturated carbocycles. The summed E-state index contributed by atoms with van der Waals surface area (Å²) >= 11 is 0. The van der Waals surface area contributed by atoms with E-state index in [2.05, 4.69) is 4.98 Å². The number of ether oxygens (including phenoxy) is 1. The summed E-state index contributed by atoms with van der Waals surface area (Å²) in [6, 6.07) is 5.58. The highest BCUT2D eigenvalue weighted by atomic mass is 16.5. The van der Waals surface area contributed by atoms with Crippen molar-refractivity contribution in [3.8, 4) is 5.75 Å². The molecule has 0 radical (unpaired) electrons. The van der Waals surface area contributed by atoms with Gasteiger partial charge in [-0.05, 0) is 30.3 Å². The van der Waals surface area contributed by atoms with Gasteiger partial charge in [0.25, 0.3) is 0 Å². The molecule has 1 heterocycles. The Hall–Kier alpha value is -2.01. The number of benzene rings is 1. The third kappa shape index (κ3) is 2.31. The number of aromatic nitrogens is 1. The van der Waals surface area contributed by atoms with Crippen LogP contribution in [0, 0.1) is 0 Å². The molecule has 0 fully saturated rings. The maximum atomic E-state index is 10.9. The van der Waals surface area contributed by atoms with Crippen LogP contribution in [0.4, 0.5) is 0 Å². The van der Waals surface area contributed by atoms with Gasteiger partial charge >= 0.3 is 5.97 Å². The van der Waals surface area contributed by atoms with Crippen LogP contribution in [-0.4, -0.2) is 29.7 Å². The molecule has 2 aromatic rings. The van der Waals surface area contributed by atoms with E-state index in [4.69, 9.17) is 15.6 Å². The number of aliphatic carboxylic acids is 1. The van der Waals surface area contributed by atoms with Gasteiger partial charge in [0.1, 0.15) is 5.75 Å². The third-order valence-electron chi connectivity index (χ3n) is 2.92. The molecule has 1 aromatic carbocycles. The summed E-state index contributed by atoms with van der Waals surface area (Å²) in [5.74, 6) is -0.135. The fraction of sp³-hybridized carbons (Fsp3) is 0.308. The average Bonchev–Trinajstić information content (AvgIpc) is 2.67. The minimum Gasteiger partial charge on any atom is -0.497 e. The summed E-state index contributed by atoms with van der Waals surface area (Å²) in [5, 5.41) is 9.88. The monoisotopic (exact) mass is 248 g/mol. The Morgan fingerprint density at radius 2 is 2.28 bits per heavy atom. The molecule has 5 nitrogen and oxygen atoms in total. The van der Waals surface area contributed by atoms with E-state index in [0.29, 0.717) is 18.7 Å². The van der Waals surface area contributed by atoms with Crippen molar-refractivity contribution in [1.82, 2.24) is 4.98 Å². The van der Waals surface area contributed by atoms with Crippen LogP contribution in [0.5, 0.6) is 5.75 Å². The molecule has 5 heteroatoms. The molecule has 96 valence electrons. The van der Waals surface area contributed by atoms with Gasteiger partial charge in [-0.1, -0.05) is 0 Å². The van der Waals surface area contributed by atoms with Gasteiger partial charge in [0.15, 0.2) is 0 Å². The van der Waals surface area contributed by atoms with Crippen LogP contribution in [0.15, 0.2) is 18.2 Å². The highest BCUT2D eigenvalue weighted by Crippen LogP contribution is 2.27. The summed E-state index contributed by atoms with van der Waals surface area (Å²) in [4.78, 5) is 14.2. The van der Waals surface area contributed by atoms with Gasteiger partial charge in [0.2, 0.25) is 0 Å². The highest BCUT2D eigenvalue weighted by Gasteiger charge is 2.14. The second-order valence-corrected chi connectivity index (χ2v) is 4.10. The molecular formula is C13H16N2O3. The number of methoxy groups -OCH3 is 1. The van der Waals surface area contributed by atoms with Crippen LogP contribution in [0.3, 0.4) is 0 Å². The van der Waals surface area contributed by atoms with Crippen LogP contribution in [0.2, 0.25) is 0 Å². The molecule has 0 spiro atoms. The van der Waals surface area contributed by atoms with E-state index in [-0.39, 0.29) is 6.42 Å². The number of rotatable bonds is 5. The van der Waals surface area contributed by atoms with Crippen molar-refractivity contribution in [2.75, 3.05) is 13.7 Å². The minimum atomic E-state index is -0.850. The number of aromatic amines is 1. The first kappa shape index (κ1) is 12.4. The van der Waals surface area contributed by atoms with Crippen molar-refractivity contribution < 1.29 is 14.6 Å². The first-order valence-electron chi connectivity index (χ1n) is 5.75. The van der Waals surface area contributed by atoms with Crippen molar-refractivity contribution >= 4 is 16.9 Å². The third-order valence-corrected chi connectivity index (χ3v) is 2.92. The van der Waals surface area contributed by atoms with Gasteiger partial charge in [-0.15, -0.1) is 0 Å². The molecule has 0 aliphatic carbocycles. The Bertz CT molecular complexity index is 575. The summed E-state index contributed by atoms with van der Waals surface area (Å²) in [5.41, 5.74) is 8.14. The normalized spacial score (nSPS) is 10.8. The maximum Gasteiger partial charge on any atom is 0.307 e.